The van der Waals surface area contributed by atoms with Gasteiger partial charge in [0.15, 0.2) is 0 Å². The van der Waals surface area contributed by atoms with Crippen molar-refractivity contribution < 1.29 is 9.90 Å². The third-order valence-corrected chi connectivity index (χ3v) is 5.08. The van der Waals surface area contributed by atoms with Crippen molar-refractivity contribution in [2.45, 2.75) is 51.4 Å². The summed E-state index contributed by atoms with van der Waals surface area (Å²) in [4.78, 5) is 13.1. The number of carboxylic acid groups (broad SMARTS) is 1. The minimum absolute atomic E-state index is 0.206. The Kier molecular flexibility index (Phi) is 8.33. The molecule has 3 heteroatoms. The lowest BCUT2D eigenvalue weighted by Gasteiger charge is -2.01. The van der Waals surface area contributed by atoms with Crippen molar-refractivity contribution in [3.05, 3.63) is 63.9 Å². The number of thiophene rings is 1. The maximum Gasteiger partial charge on any atom is 0.303 e. The molecule has 24 heavy (non-hydrogen) atoms. The van der Waals surface area contributed by atoms with E-state index in [0.717, 1.165) is 6.42 Å². The molecule has 0 saturated heterocycles. The molecule has 0 saturated carbocycles. The smallest absolute Gasteiger partial charge is 0.303 e. The fourth-order valence-corrected chi connectivity index (χ4v) is 3.64. The molecule has 0 atom stereocenters. The minimum atomic E-state index is -0.737. The molecule has 0 bridgehead atoms. The lowest BCUT2D eigenvalue weighted by atomic mass is 10.1. The van der Waals surface area contributed by atoms with Crippen LogP contribution in [0.4, 0.5) is 0 Å². The summed E-state index contributed by atoms with van der Waals surface area (Å²) >= 11 is 1.82. The van der Waals surface area contributed by atoms with Crippen LogP contribution in [0, 0.1) is 0 Å². The minimum Gasteiger partial charge on any atom is -0.481 e. The average Bonchev–Trinajstić information content (AvgIpc) is 3.03. The molecule has 1 N–H and O–H groups in total. The molecule has 0 aliphatic rings. The molecule has 2 aromatic rings. The second-order valence-electron chi connectivity index (χ2n) is 6.04. The van der Waals surface area contributed by atoms with Crippen LogP contribution < -0.4 is 0 Å². The van der Waals surface area contributed by atoms with Gasteiger partial charge in [0.2, 0.25) is 0 Å². The number of hydrogen-bond acceptors (Lipinski definition) is 2. The molecule has 0 aliphatic carbocycles. The van der Waals surface area contributed by atoms with Gasteiger partial charge in [-0.15, -0.1) is 11.3 Å². The van der Waals surface area contributed by atoms with Gasteiger partial charge < -0.3 is 5.11 Å². The zero-order valence-electron chi connectivity index (χ0n) is 14.1. The number of carbonyl (C=O) groups is 1. The number of rotatable bonds is 11. The summed E-state index contributed by atoms with van der Waals surface area (Å²) < 4.78 is 0. The van der Waals surface area contributed by atoms with Gasteiger partial charge in [-0.1, -0.05) is 49.2 Å². The summed E-state index contributed by atoms with van der Waals surface area (Å²) in [5, 5.41) is 8.61. The van der Waals surface area contributed by atoms with Crippen molar-refractivity contribution in [1.29, 1.82) is 0 Å². The zero-order chi connectivity index (χ0) is 17.0. The SMILES string of the molecule is O=C(O)CCC=Cc1ccc(CCCCCCc2ccccc2)s1. The largest absolute Gasteiger partial charge is 0.481 e. The van der Waals surface area contributed by atoms with Gasteiger partial charge in [0.25, 0.3) is 0 Å². The third-order valence-electron chi connectivity index (χ3n) is 3.97. The van der Waals surface area contributed by atoms with Gasteiger partial charge in [0, 0.05) is 16.2 Å². The number of hydrogen-bond donors (Lipinski definition) is 1. The molecule has 128 valence electrons. The lowest BCUT2D eigenvalue weighted by Crippen LogP contribution is -1.91. The van der Waals surface area contributed by atoms with Crippen molar-refractivity contribution in [3.8, 4) is 0 Å². The number of benzene rings is 1. The highest BCUT2D eigenvalue weighted by Crippen LogP contribution is 2.21. The van der Waals surface area contributed by atoms with E-state index in [1.54, 1.807) is 0 Å². The molecule has 0 amide bonds. The van der Waals surface area contributed by atoms with E-state index in [1.165, 1.54) is 47.4 Å². The van der Waals surface area contributed by atoms with Crippen LogP contribution in [0.3, 0.4) is 0 Å². The molecule has 1 heterocycles. The summed E-state index contributed by atoms with van der Waals surface area (Å²) in [6, 6.07) is 15.0. The first kappa shape index (κ1) is 18.5. The summed E-state index contributed by atoms with van der Waals surface area (Å²) in [6.07, 6.45) is 12.2. The van der Waals surface area contributed by atoms with Crippen molar-refractivity contribution in [2.75, 3.05) is 0 Å². The highest BCUT2D eigenvalue weighted by atomic mass is 32.1. The first-order chi connectivity index (χ1) is 11.7. The van der Waals surface area contributed by atoms with Crippen LogP contribution in [0.15, 0.2) is 48.5 Å². The van der Waals surface area contributed by atoms with Crippen molar-refractivity contribution >= 4 is 23.4 Å². The van der Waals surface area contributed by atoms with Crippen LogP contribution in [0.25, 0.3) is 6.08 Å². The van der Waals surface area contributed by atoms with Crippen LogP contribution in [0.5, 0.6) is 0 Å². The molecule has 0 spiro atoms. The number of aliphatic carboxylic acids is 1. The van der Waals surface area contributed by atoms with E-state index in [0.29, 0.717) is 6.42 Å². The van der Waals surface area contributed by atoms with Crippen LogP contribution >= 0.6 is 11.3 Å². The number of aryl methyl sites for hydroxylation is 2. The lowest BCUT2D eigenvalue weighted by molar-refractivity contribution is -0.136. The highest BCUT2D eigenvalue weighted by molar-refractivity contribution is 7.12. The van der Waals surface area contributed by atoms with Gasteiger partial charge in [-0.25, -0.2) is 0 Å². The van der Waals surface area contributed by atoms with E-state index in [9.17, 15) is 4.79 Å². The molecule has 0 aliphatic heterocycles. The quantitative estimate of drug-likeness (QED) is 0.511. The van der Waals surface area contributed by atoms with E-state index in [2.05, 4.69) is 42.5 Å². The van der Waals surface area contributed by atoms with Crippen LogP contribution in [0.2, 0.25) is 0 Å². The molecule has 2 rings (SSSR count). The predicted octanol–water partition coefficient (Wildman–Crippen LogP) is 5.97. The molecule has 1 aromatic carbocycles. The Balaban J connectivity index is 1.57. The average molecular weight is 343 g/mol. The Bertz CT molecular complexity index is 628. The Morgan fingerprint density at radius 2 is 1.71 bits per heavy atom. The fraction of sp³-hybridized carbons (Fsp3) is 0.381. The van der Waals surface area contributed by atoms with Gasteiger partial charge in [-0.05, 0) is 55.9 Å². The maximum atomic E-state index is 10.5. The second kappa shape index (κ2) is 10.8. The summed E-state index contributed by atoms with van der Waals surface area (Å²) in [5.74, 6) is -0.737. The van der Waals surface area contributed by atoms with Crippen molar-refractivity contribution in [3.63, 3.8) is 0 Å². The molecule has 0 radical (unpaired) electrons. The Hall–Kier alpha value is -1.87. The Labute approximate surface area is 148 Å². The second-order valence-corrected chi connectivity index (χ2v) is 7.24. The van der Waals surface area contributed by atoms with Crippen molar-refractivity contribution in [2.24, 2.45) is 0 Å². The van der Waals surface area contributed by atoms with E-state index < -0.39 is 5.97 Å². The summed E-state index contributed by atoms with van der Waals surface area (Å²) in [5.41, 5.74) is 1.44. The normalized spacial score (nSPS) is 11.2. The first-order valence-electron chi connectivity index (χ1n) is 8.75. The van der Waals surface area contributed by atoms with E-state index in [4.69, 9.17) is 5.11 Å². The van der Waals surface area contributed by atoms with Gasteiger partial charge in [0.1, 0.15) is 0 Å². The van der Waals surface area contributed by atoms with Gasteiger partial charge in [-0.2, -0.15) is 0 Å². The molecule has 1 aromatic heterocycles. The van der Waals surface area contributed by atoms with E-state index in [1.807, 2.05) is 23.5 Å². The van der Waals surface area contributed by atoms with Gasteiger partial charge >= 0.3 is 5.97 Å². The Morgan fingerprint density at radius 1 is 0.958 bits per heavy atom. The number of allylic oxidation sites excluding steroid dienone is 1. The first-order valence-corrected chi connectivity index (χ1v) is 9.56. The highest BCUT2D eigenvalue weighted by Gasteiger charge is 1.99. The van der Waals surface area contributed by atoms with Gasteiger partial charge in [-0.3, -0.25) is 4.79 Å². The van der Waals surface area contributed by atoms with Gasteiger partial charge in [0.05, 0.1) is 0 Å². The predicted molar refractivity (Wildman–Crippen MR) is 103 cm³/mol. The molecular weight excluding hydrogens is 316 g/mol. The molecular formula is C21H26O2S. The maximum absolute atomic E-state index is 10.5. The summed E-state index contributed by atoms with van der Waals surface area (Å²) in [6.45, 7) is 0. The molecule has 2 nitrogen and oxygen atoms in total. The molecule has 0 fully saturated rings. The van der Waals surface area contributed by atoms with E-state index in [-0.39, 0.29) is 6.42 Å². The standard InChI is InChI=1S/C21H26O2S/c22-21(23)15-9-8-14-20-17-16-19(24-20)13-7-2-1-4-10-18-11-5-3-6-12-18/h3,5-6,8,11-12,14,16-17H,1-2,4,7,9-10,13,15H2,(H,22,23). The number of unbranched alkanes of at least 4 members (excludes halogenated alkanes) is 3. The van der Waals surface area contributed by atoms with Crippen LogP contribution in [-0.2, 0) is 17.6 Å². The molecule has 0 unspecified atom stereocenters. The fourth-order valence-electron chi connectivity index (χ4n) is 2.65. The van der Waals surface area contributed by atoms with Crippen LogP contribution in [-0.4, -0.2) is 11.1 Å². The zero-order valence-corrected chi connectivity index (χ0v) is 14.9. The van der Waals surface area contributed by atoms with Crippen LogP contribution in [0.1, 0.15) is 53.8 Å². The third kappa shape index (κ3) is 7.60. The van der Waals surface area contributed by atoms with E-state index >= 15 is 0 Å². The monoisotopic (exact) mass is 342 g/mol. The number of carboxylic acids is 1. The van der Waals surface area contributed by atoms with Crippen molar-refractivity contribution in [1.82, 2.24) is 0 Å². The summed E-state index contributed by atoms with van der Waals surface area (Å²) in [7, 11) is 0. The topological polar surface area (TPSA) is 37.3 Å². The Morgan fingerprint density at radius 3 is 2.46 bits per heavy atom.